The number of rotatable bonds is 4. The Bertz CT molecular complexity index is 947. The maximum Gasteiger partial charge on any atom is 0.261 e. The Morgan fingerprint density at radius 3 is 2.17 bits per heavy atom. The highest BCUT2D eigenvalue weighted by Crippen LogP contribution is 2.24. The highest BCUT2D eigenvalue weighted by atomic mass is 32.2. The van der Waals surface area contributed by atoms with E-state index in [0.29, 0.717) is 5.69 Å². The summed E-state index contributed by atoms with van der Waals surface area (Å²) in [4.78, 5) is 4.39. The van der Waals surface area contributed by atoms with Gasteiger partial charge in [0.2, 0.25) is 0 Å². The van der Waals surface area contributed by atoms with Crippen LogP contribution in [0.25, 0.3) is 11.1 Å². The molecule has 0 aliphatic heterocycles. The van der Waals surface area contributed by atoms with Gasteiger partial charge in [0.15, 0.2) is 0 Å². The van der Waals surface area contributed by atoms with Crippen molar-refractivity contribution >= 4 is 15.7 Å². The lowest BCUT2D eigenvalue weighted by Crippen LogP contribution is -2.12. The fraction of sp³-hybridized carbons (Fsp3) is 0.105. The average Bonchev–Trinajstić information content (AvgIpc) is 2.56. The zero-order chi connectivity index (χ0) is 17.2. The number of nitrogens with one attached hydrogen (secondary N) is 1. The van der Waals surface area contributed by atoms with Crippen molar-refractivity contribution in [2.45, 2.75) is 18.7 Å². The van der Waals surface area contributed by atoms with Crippen LogP contribution in [0.3, 0.4) is 0 Å². The SMILES string of the molecule is Cc1ccc(S(=O)(=O)Nc2ccc(-c3cnccc3C)cc2)cc1. The van der Waals surface area contributed by atoms with Crippen molar-refractivity contribution in [2.24, 2.45) is 0 Å². The van der Waals surface area contributed by atoms with Crippen LogP contribution in [-0.2, 0) is 10.0 Å². The van der Waals surface area contributed by atoms with Gasteiger partial charge in [-0.05, 0) is 55.3 Å². The summed E-state index contributed by atoms with van der Waals surface area (Å²) in [5.74, 6) is 0. The molecule has 4 nitrogen and oxygen atoms in total. The normalized spacial score (nSPS) is 11.2. The third-order valence-electron chi connectivity index (χ3n) is 3.82. The number of pyridine rings is 1. The van der Waals surface area contributed by atoms with Gasteiger partial charge in [-0.15, -0.1) is 0 Å². The summed E-state index contributed by atoms with van der Waals surface area (Å²) in [6, 6.07) is 16.0. The molecular formula is C19H18N2O2S. The first-order chi connectivity index (χ1) is 11.5. The van der Waals surface area contributed by atoms with Crippen molar-refractivity contribution in [3.8, 4) is 11.1 Å². The molecule has 1 heterocycles. The lowest BCUT2D eigenvalue weighted by molar-refractivity contribution is 0.601. The zero-order valence-electron chi connectivity index (χ0n) is 13.5. The summed E-state index contributed by atoms with van der Waals surface area (Å²) in [5, 5.41) is 0. The van der Waals surface area contributed by atoms with Crippen LogP contribution in [0.1, 0.15) is 11.1 Å². The Kier molecular flexibility index (Phi) is 4.36. The standard InChI is InChI=1S/C19H18N2O2S/c1-14-3-9-18(10-4-14)24(22,23)21-17-7-5-16(6-8-17)19-13-20-12-11-15(19)2/h3-13,21H,1-2H3. The summed E-state index contributed by atoms with van der Waals surface area (Å²) in [6.07, 6.45) is 3.56. The Morgan fingerprint density at radius 1 is 0.875 bits per heavy atom. The quantitative estimate of drug-likeness (QED) is 0.777. The molecule has 0 saturated carbocycles. The van der Waals surface area contributed by atoms with Crippen molar-refractivity contribution in [1.29, 1.82) is 0 Å². The minimum absolute atomic E-state index is 0.250. The van der Waals surface area contributed by atoms with Gasteiger partial charge in [-0.1, -0.05) is 29.8 Å². The van der Waals surface area contributed by atoms with Crippen molar-refractivity contribution in [3.05, 3.63) is 78.1 Å². The molecule has 0 radical (unpaired) electrons. The first kappa shape index (κ1) is 16.2. The van der Waals surface area contributed by atoms with Crippen LogP contribution in [-0.4, -0.2) is 13.4 Å². The fourth-order valence-corrected chi connectivity index (χ4v) is 3.47. The van der Waals surface area contributed by atoms with Crippen LogP contribution >= 0.6 is 0 Å². The predicted octanol–water partition coefficient (Wildman–Crippen LogP) is 4.17. The fourth-order valence-electron chi connectivity index (χ4n) is 2.42. The van der Waals surface area contributed by atoms with E-state index in [0.717, 1.165) is 22.3 Å². The maximum atomic E-state index is 12.4. The lowest BCUT2D eigenvalue weighted by atomic mass is 10.0. The number of sulfonamides is 1. The second kappa shape index (κ2) is 6.45. The van der Waals surface area contributed by atoms with E-state index in [-0.39, 0.29) is 4.90 Å². The van der Waals surface area contributed by atoms with Gasteiger partial charge in [0.25, 0.3) is 10.0 Å². The largest absolute Gasteiger partial charge is 0.280 e. The van der Waals surface area contributed by atoms with Gasteiger partial charge in [-0.2, -0.15) is 0 Å². The van der Waals surface area contributed by atoms with E-state index in [4.69, 9.17) is 0 Å². The number of aromatic nitrogens is 1. The third-order valence-corrected chi connectivity index (χ3v) is 5.22. The summed E-state index contributed by atoms with van der Waals surface area (Å²) < 4.78 is 27.4. The smallest absolute Gasteiger partial charge is 0.261 e. The molecule has 0 saturated heterocycles. The Balaban J connectivity index is 1.84. The van der Waals surface area contributed by atoms with E-state index < -0.39 is 10.0 Å². The predicted molar refractivity (Wildman–Crippen MR) is 96.4 cm³/mol. The number of benzene rings is 2. The van der Waals surface area contributed by atoms with E-state index in [9.17, 15) is 8.42 Å². The molecule has 24 heavy (non-hydrogen) atoms. The van der Waals surface area contributed by atoms with E-state index >= 15 is 0 Å². The second-order valence-electron chi connectivity index (χ2n) is 5.69. The summed E-state index contributed by atoms with van der Waals surface area (Å²) in [5.41, 5.74) is 4.70. The van der Waals surface area contributed by atoms with Crippen molar-refractivity contribution in [3.63, 3.8) is 0 Å². The van der Waals surface area contributed by atoms with Crippen molar-refractivity contribution in [1.82, 2.24) is 4.98 Å². The monoisotopic (exact) mass is 338 g/mol. The van der Waals surface area contributed by atoms with Crippen LogP contribution in [0.5, 0.6) is 0 Å². The van der Waals surface area contributed by atoms with Gasteiger partial charge >= 0.3 is 0 Å². The molecule has 0 aliphatic rings. The van der Waals surface area contributed by atoms with Gasteiger partial charge < -0.3 is 0 Å². The number of hydrogen-bond donors (Lipinski definition) is 1. The molecule has 0 fully saturated rings. The Hall–Kier alpha value is -2.66. The molecule has 3 aromatic rings. The average molecular weight is 338 g/mol. The number of anilines is 1. The Labute approximate surface area is 142 Å². The van der Waals surface area contributed by atoms with Gasteiger partial charge in [0, 0.05) is 23.6 Å². The van der Waals surface area contributed by atoms with Crippen LogP contribution in [0, 0.1) is 13.8 Å². The molecule has 1 N–H and O–H groups in total. The third kappa shape index (κ3) is 3.46. The maximum absolute atomic E-state index is 12.4. The zero-order valence-corrected chi connectivity index (χ0v) is 14.3. The summed E-state index contributed by atoms with van der Waals surface area (Å²) in [7, 11) is -3.58. The van der Waals surface area contributed by atoms with Gasteiger partial charge in [-0.25, -0.2) is 8.42 Å². The number of nitrogens with zero attached hydrogens (tertiary/aromatic N) is 1. The summed E-state index contributed by atoms with van der Waals surface area (Å²) >= 11 is 0. The minimum Gasteiger partial charge on any atom is -0.280 e. The highest BCUT2D eigenvalue weighted by Gasteiger charge is 2.13. The van der Waals surface area contributed by atoms with Gasteiger partial charge in [-0.3, -0.25) is 9.71 Å². The molecule has 0 unspecified atom stereocenters. The van der Waals surface area contributed by atoms with E-state index in [1.165, 1.54) is 0 Å². The molecule has 0 amide bonds. The minimum atomic E-state index is -3.58. The molecule has 0 spiro atoms. The van der Waals surface area contributed by atoms with Crippen LogP contribution in [0.2, 0.25) is 0 Å². The molecule has 0 bridgehead atoms. The van der Waals surface area contributed by atoms with E-state index in [1.807, 2.05) is 32.0 Å². The highest BCUT2D eigenvalue weighted by molar-refractivity contribution is 7.92. The van der Waals surface area contributed by atoms with Gasteiger partial charge in [0.1, 0.15) is 0 Å². The molecule has 122 valence electrons. The molecule has 0 aliphatic carbocycles. The molecule has 3 rings (SSSR count). The second-order valence-corrected chi connectivity index (χ2v) is 7.37. The summed E-state index contributed by atoms with van der Waals surface area (Å²) in [6.45, 7) is 3.94. The molecule has 5 heteroatoms. The van der Waals surface area contributed by atoms with Crippen LogP contribution in [0.15, 0.2) is 71.9 Å². The first-order valence-corrected chi connectivity index (χ1v) is 9.04. The van der Waals surface area contributed by atoms with Crippen molar-refractivity contribution < 1.29 is 8.42 Å². The van der Waals surface area contributed by atoms with Crippen LogP contribution < -0.4 is 4.72 Å². The topological polar surface area (TPSA) is 59.1 Å². The molecule has 1 aromatic heterocycles. The van der Waals surface area contributed by atoms with E-state index in [2.05, 4.69) is 9.71 Å². The lowest BCUT2D eigenvalue weighted by Gasteiger charge is -2.10. The number of aryl methyl sites for hydroxylation is 2. The van der Waals surface area contributed by atoms with Gasteiger partial charge in [0.05, 0.1) is 4.90 Å². The molecule has 2 aromatic carbocycles. The molecular weight excluding hydrogens is 320 g/mol. The van der Waals surface area contributed by atoms with Crippen LogP contribution in [0.4, 0.5) is 5.69 Å². The number of hydrogen-bond acceptors (Lipinski definition) is 3. The molecule has 0 atom stereocenters. The Morgan fingerprint density at radius 2 is 1.54 bits per heavy atom. The van der Waals surface area contributed by atoms with Crippen molar-refractivity contribution in [2.75, 3.05) is 4.72 Å². The van der Waals surface area contributed by atoms with E-state index in [1.54, 1.807) is 48.8 Å². The first-order valence-electron chi connectivity index (χ1n) is 7.56.